The van der Waals surface area contributed by atoms with Crippen molar-refractivity contribution in [3.05, 3.63) is 33.8 Å². The third kappa shape index (κ3) is 4.43. The Morgan fingerprint density at radius 2 is 2.00 bits per heavy atom. The second-order valence-corrected chi connectivity index (χ2v) is 4.45. The number of nitrogens with one attached hydrogen (secondary N) is 2. The fourth-order valence-electron chi connectivity index (χ4n) is 1.24. The Bertz CT molecular complexity index is 466. The standard InChI is InChI=1S/C11H12Cl2N2O3/c1-6(15-11(17)18)10(16)14-5-7-2-3-8(12)9(13)4-7/h2-4,6,15H,5H2,1H3,(H,14,16)(H,17,18). The van der Waals surface area contributed by atoms with Crippen molar-refractivity contribution in [2.75, 3.05) is 0 Å². The summed E-state index contributed by atoms with van der Waals surface area (Å²) < 4.78 is 0. The molecular weight excluding hydrogens is 279 g/mol. The van der Waals surface area contributed by atoms with Crippen LogP contribution in [0.5, 0.6) is 0 Å². The summed E-state index contributed by atoms with van der Waals surface area (Å²) in [6, 6.07) is 4.18. The average molecular weight is 291 g/mol. The lowest BCUT2D eigenvalue weighted by Gasteiger charge is -2.12. The Morgan fingerprint density at radius 1 is 1.33 bits per heavy atom. The fraction of sp³-hybridized carbons (Fsp3) is 0.273. The molecule has 7 heteroatoms. The summed E-state index contributed by atoms with van der Waals surface area (Å²) in [5.74, 6) is -0.413. The molecule has 0 aliphatic rings. The monoisotopic (exact) mass is 290 g/mol. The highest BCUT2D eigenvalue weighted by Crippen LogP contribution is 2.22. The minimum absolute atomic E-state index is 0.251. The molecule has 0 saturated carbocycles. The zero-order valence-electron chi connectivity index (χ0n) is 9.54. The van der Waals surface area contributed by atoms with E-state index in [1.54, 1.807) is 18.2 Å². The van der Waals surface area contributed by atoms with E-state index < -0.39 is 18.0 Å². The van der Waals surface area contributed by atoms with Crippen LogP contribution in [0.1, 0.15) is 12.5 Å². The van der Waals surface area contributed by atoms with Crippen molar-refractivity contribution >= 4 is 35.2 Å². The molecule has 0 fully saturated rings. The predicted octanol–water partition coefficient (Wildman–Crippen LogP) is 2.27. The van der Waals surface area contributed by atoms with Crippen molar-refractivity contribution in [2.45, 2.75) is 19.5 Å². The van der Waals surface area contributed by atoms with E-state index in [0.29, 0.717) is 10.0 Å². The maximum absolute atomic E-state index is 11.5. The molecule has 1 atom stereocenters. The van der Waals surface area contributed by atoms with E-state index in [4.69, 9.17) is 28.3 Å². The molecule has 1 aromatic rings. The highest BCUT2D eigenvalue weighted by atomic mass is 35.5. The Hall–Kier alpha value is -1.46. The maximum atomic E-state index is 11.5. The molecule has 5 nitrogen and oxygen atoms in total. The molecular formula is C11H12Cl2N2O3. The van der Waals surface area contributed by atoms with Crippen molar-refractivity contribution in [1.82, 2.24) is 10.6 Å². The molecule has 1 aromatic carbocycles. The summed E-state index contributed by atoms with van der Waals surface area (Å²) in [7, 11) is 0. The summed E-state index contributed by atoms with van der Waals surface area (Å²) in [4.78, 5) is 21.9. The lowest BCUT2D eigenvalue weighted by Crippen LogP contribution is -2.43. The van der Waals surface area contributed by atoms with E-state index in [2.05, 4.69) is 10.6 Å². The molecule has 0 bridgehead atoms. The number of rotatable bonds is 4. The lowest BCUT2D eigenvalue weighted by molar-refractivity contribution is -0.122. The average Bonchev–Trinajstić information content (AvgIpc) is 2.29. The first-order valence-corrected chi connectivity index (χ1v) is 5.87. The van der Waals surface area contributed by atoms with Crippen molar-refractivity contribution < 1.29 is 14.7 Å². The quantitative estimate of drug-likeness (QED) is 0.796. The van der Waals surface area contributed by atoms with Gasteiger partial charge in [-0.3, -0.25) is 4.79 Å². The first-order valence-electron chi connectivity index (χ1n) is 5.11. The number of amides is 2. The number of hydrogen-bond acceptors (Lipinski definition) is 2. The molecule has 0 heterocycles. The van der Waals surface area contributed by atoms with Crippen LogP contribution in [-0.4, -0.2) is 23.1 Å². The molecule has 3 N–H and O–H groups in total. The summed E-state index contributed by atoms with van der Waals surface area (Å²) >= 11 is 11.6. The van der Waals surface area contributed by atoms with Crippen molar-refractivity contribution in [1.29, 1.82) is 0 Å². The zero-order valence-corrected chi connectivity index (χ0v) is 11.0. The number of carbonyl (C=O) groups is 2. The molecule has 0 aliphatic heterocycles. The molecule has 0 saturated heterocycles. The largest absolute Gasteiger partial charge is 0.465 e. The highest BCUT2D eigenvalue weighted by molar-refractivity contribution is 6.42. The van der Waals surface area contributed by atoms with E-state index >= 15 is 0 Å². The SMILES string of the molecule is CC(NC(=O)O)C(=O)NCc1ccc(Cl)c(Cl)c1. The topological polar surface area (TPSA) is 78.4 Å². The maximum Gasteiger partial charge on any atom is 0.405 e. The molecule has 98 valence electrons. The van der Waals surface area contributed by atoms with E-state index in [1.807, 2.05) is 0 Å². The highest BCUT2D eigenvalue weighted by Gasteiger charge is 2.14. The second kappa shape index (κ2) is 6.47. The Kier molecular flexibility index (Phi) is 5.25. The first-order chi connectivity index (χ1) is 8.40. The summed E-state index contributed by atoms with van der Waals surface area (Å²) in [5, 5.41) is 13.9. The van der Waals surface area contributed by atoms with Crippen LogP contribution in [-0.2, 0) is 11.3 Å². The van der Waals surface area contributed by atoms with Gasteiger partial charge in [0.05, 0.1) is 10.0 Å². The van der Waals surface area contributed by atoms with Crippen LogP contribution < -0.4 is 10.6 Å². The van der Waals surface area contributed by atoms with Gasteiger partial charge in [-0.1, -0.05) is 29.3 Å². The van der Waals surface area contributed by atoms with Crippen LogP contribution in [0.3, 0.4) is 0 Å². The van der Waals surface area contributed by atoms with Crippen LogP contribution in [0.15, 0.2) is 18.2 Å². The molecule has 1 unspecified atom stereocenters. The smallest absolute Gasteiger partial charge is 0.405 e. The van der Waals surface area contributed by atoms with Gasteiger partial charge < -0.3 is 15.7 Å². The van der Waals surface area contributed by atoms with Gasteiger partial charge in [-0.15, -0.1) is 0 Å². The minimum Gasteiger partial charge on any atom is -0.465 e. The van der Waals surface area contributed by atoms with Crippen LogP contribution in [0.4, 0.5) is 4.79 Å². The third-order valence-corrected chi connectivity index (χ3v) is 2.92. The van der Waals surface area contributed by atoms with E-state index in [-0.39, 0.29) is 6.54 Å². The minimum atomic E-state index is -1.24. The predicted molar refractivity (Wildman–Crippen MR) is 68.9 cm³/mol. The zero-order chi connectivity index (χ0) is 13.7. The van der Waals surface area contributed by atoms with Crippen molar-refractivity contribution in [2.24, 2.45) is 0 Å². The Labute approximate surface area is 114 Å². The van der Waals surface area contributed by atoms with E-state index in [0.717, 1.165) is 5.56 Å². The summed E-state index contributed by atoms with van der Waals surface area (Å²) in [6.07, 6.45) is -1.24. The molecule has 0 aromatic heterocycles. The summed E-state index contributed by atoms with van der Waals surface area (Å²) in [6.45, 7) is 1.71. The normalized spacial score (nSPS) is 11.7. The number of carbonyl (C=O) groups excluding carboxylic acids is 1. The van der Waals surface area contributed by atoms with Gasteiger partial charge in [0.25, 0.3) is 0 Å². The van der Waals surface area contributed by atoms with Gasteiger partial charge >= 0.3 is 6.09 Å². The van der Waals surface area contributed by atoms with Gasteiger partial charge in [-0.2, -0.15) is 0 Å². The fourth-order valence-corrected chi connectivity index (χ4v) is 1.56. The van der Waals surface area contributed by atoms with Gasteiger partial charge in [0, 0.05) is 6.54 Å². The number of halogens is 2. The molecule has 2 amide bonds. The van der Waals surface area contributed by atoms with Crippen LogP contribution in [0, 0.1) is 0 Å². The van der Waals surface area contributed by atoms with Crippen molar-refractivity contribution in [3.63, 3.8) is 0 Å². The Balaban J connectivity index is 2.52. The lowest BCUT2D eigenvalue weighted by atomic mass is 10.2. The van der Waals surface area contributed by atoms with Gasteiger partial charge in [-0.25, -0.2) is 4.79 Å². The molecule has 0 spiro atoms. The Morgan fingerprint density at radius 3 is 2.56 bits per heavy atom. The first kappa shape index (κ1) is 14.6. The van der Waals surface area contributed by atoms with Crippen LogP contribution in [0.25, 0.3) is 0 Å². The van der Waals surface area contributed by atoms with E-state index in [1.165, 1.54) is 6.92 Å². The molecule has 0 radical (unpaired) electrons. The number of carboxylic acid groups (broad SMARTS) is 1. The number of hydrogen-bond donors (Lipinski definition) is 3. The van der Waals surface area contributed by atoms with Crippen LogP contribution in [0.2, 0.25) is 10.0 Å². The molecule has 18 heavy (non-hydrogen) atoms. The number of benzene rings is 1. The third-order valence-electron chi connectivity index (χ3n) is 2.18. The van der Waals surface area contributed by atoms with Gasteiger partial charge in [0.15, 0.2) is 0 Å². The van der Waals surface area contributed by atoms with Gasteiger partial charge in [0.1, 0.15) is 6.04 Å². The van der Waals surface area contributed by atoms with Gasteiger partial charge in [0.2, 0.25) is 5.91 Å². The summed E-state index contributed by atoms with van der Waals surface area (Å²) in [5.41, 5.74) is 0.778. The van der Waals surface area contributed by atoms with Crippen LogP contribution >= 0.6 is 23.2 Å². The second-order valence-electron chi connectivity index (χ2n) is 3.64. The van der Waals surface area contributed by atoms with Crippen molar-refractivity contribution in [3.8, 4) is 0 Å². The molecule has 0 aliphatic carbocycles. The van der Waals surface area contributed by atoms with E-state index in [9.17, 15) is 9.59 Å². The van der Waals surface area contributed by atoms with Gasteiger partial charge in [-0.05, 0) is 24.6 Å². The molecule has 1 rings (SSSR count).